The summed E-state index contributed by atoms with van der Waals surface area (Å²) < 4.78 is 1.84. The molecule has 2 N–H and O–H groups in total. The summed E-state index contributed by atoms with van der Waals surface area (Å²) in [4.78, 5) is 26.8. The molecule has 8 nitrogen and oxygen atoms in total. The fourth-order valence-corrected chi connectivity index (χ4v) is 3.48. The highest BCUT2D eigenvalue weighted by atomic mass is 16.2. The van der Waals surface area contributed by atoms with Crippen molar-refractivity contribution >= 4 is 11.8 Å². The highest BCUT2D eigenvalue weighted by Gasteiger charge is 2.23. The molecule has 28 heavy (non-hydrogen) atoms. The Morgan fingerprint density at radius 2 is 1.96 bits per heavy atom. The van der Waals surface area contributed by atoms with Crippen molar-refractivity contribution in [3.63, 3.8) is 0 Å². The van der Waals surface area contributed by atoms with Crippen LogP contribution in [0.3, 0.4) is 0 Å². The van der Waals surface area contributed by atoms with Crippen molar-refractivity contribution < 1.29 is 9.59 Å². The zero-order valence-electron chi connectivity index (χ0n) is 16.5. The Bertz CT molecular complexity index is 798. The maximum absolute atomic E-state index is 12.5. The maximum atomic E-state index is 12.5. The lowest BCUT2D eigenvalue weighted by Gasteiger charge is -2.23. The number of nitrogens with zero attached hydrogens (tertiary/aromatic N) is 4. The summed E-state index contributed by atoms with van der Waals surface area (Å²) in [6.07, 6.45) is 1.93. The molecule has 2 amide bonds. The van der Waals surface area contributed by atoms with Gasteiger partial charge in [-0.25, -0.2) is 4.68 Å². The molecule has 2 heterocycles. The number of benzene rings is 1. The molecule has 0 bridgehead atoms. The summed E-state index contributed by atoms with van der Waals surface area (Å²) in [5.74, 6) is -0.482. The van der Waals surface area contributed by atoms with E-state index in [1.165, 1.54) is 0 Å². The third kappa shape index (κ3) is 4.75. The van der Waals surface area contributed by atoms with Crippen LogP contribution < -0.4 is 10.6 Å². The topological polar surface area (TPSA) is 92.2 Å². The van der Waals surface area contributed by atoms with Gasteiger partial charge in [-0.3, -0.25) is 9.59 Å². The van der Waals surface area contributed by atoms with Crippen molar-refractivity contribution in [2.45, 2.75) is 39.3 Å². The molecule has 150 valence electrons. The molecule has 0 spiro atoms. The van der Waals surface area contributed by atoms with E-state index in [2.05, 4.69) is 20.9 Å². The van der Waals surface area contributed by atoms with Crippen LogP contribution in [0, 0.1) is 6.92 Å². The molecular weight excluding hydrogens is 356 g/mol. The first kappa shape index (κ1) is 20.0. The smallest absolute Gasteiger partial charge is 0.274 e. The van der Waals surface area contributed by atoms with Crippen LogP contribution >= 0.6 is 0 Å². The Labute approximate surface area is 165 Å². The molecule has 8 heteroatoms. The van der Waals surface area contributed by atoms with Crippen molar-refractivity contribution in [1.82, 2.24) is 30.5 Å². The van der Waals surface area contributed by atoms with Crippen LogP contribution in [0.1, 0.15) is 47.6 Å². The Kier molecular flexibility index (Phi) is 6.76. The average Bonchev–Trinajstić information content (AvgIpc) is 3.12. The Morgan fingerprint density at radius 3 is 2.64 bits per heavy atom. The van der Waals surface area contributed by atoms with Crippen molar-refractivity contribution in [3.05, 3.63) is 47.3 Å². The first-order valence-corrected chi connectivity index (χ1v) is 9.82. The van der Waals surface area contributed by atoms with E-state index in [-0.39, 0.29) is 30.1 Å². The van der Waals surface area contributed by atoms with Crippen LogP contribution in [0.2, 0.25) is 0 Å². The number of piperidine rings is 1. The summed E-state index contributed by atoms with van der Waals surface area (Å²) in [5.41, 5.74) is 2.09. The zero-order valence-corrected chi connectivity index (χ0v) is 16.5. The van der Waals surface area contributed by atoms with Gasteiger partial charge in [0.15, 0.2) is 5.69 Å². The van der Waals surface area contributed by atoms with Crippen molar-refractivity contribution in [2.75, 3.05) is 26.2 Å². The van der Waals surface area contributed by atoms with Crippen molar-refractivity contribution in [2.24, 2.45) is 0 Å². The fraction of sp³-hybridized carbons (Fsp3) is 0.500. The minimum atomic E-state index is -0.359. The first-order chi connectivity index (χ1) is 13.6. The monoisotopic (exact) mass is 384 g/mol. The van der Waals surface area contributed by atoms with E-state index in [1.54, 1.807) is 4.90 Å². The lowest BCUT2D eigenvalue weighted by Crippen LogP contribution is -2.40. The number of rotatable bonds is 7. The molecule has 3 rings (SSSR count). The van der Waals surface area contributed by atoms with Gasteiger partial charge in [-0.2, -0.15) is 0 Å². The van der Waals surface area contributed by atoms with Crippen LogP contribution in [-0.2, 0) is 11.3 Å². The molecule has 1 saturated heterocycles. The van der Waals surface area contributed by atoms with Gasteiger partial charge in [-0.15, -0.1) is 5.10 Å². The molecule has 0 atom stereocenters. The number of nitrogens with one attached hydrogen (secondary N) is 2. The van der Waals surface area contributed by atoms with Gasteiger partial charge in [-0.1, -0.05) is 35.5 Å². The molecule has 0 radical (unpaired) electrons. The van der Waals surface area contributed by atoms with Gasteiger partial charge in [-0.05, 0) is 45.3 Å². The van der Waals surface area contributed by atoms with Crippen molar-refractivity contribution in [3.8, 4) is 0 Å². The molecule has 1 aromatic carbocycles. The van der Waals surface area contributed by atoms with Gasteiger partial charge in [0.05, 0.1) is 18.3 Å². The normalized spacial score (nSPS) is 14.6. The summed E-state index contributed by atoms with van der Waals surface area (Å²) in [6, 6.07) is 10.1. The summed E-state index contributed by atoms with van der Waals surface area (Å²) >= 11 is 0. The first-order valence-electron chi connectivity index (χ1n) is 9.82. The highest BCUT2D eigenvalue weighted by molar-refractivity contribution is 5.95. The van der Waals surface area contributed by atoms with Gasteiger partial charge in [0.1, 0.15) is 0 Å². The Morgan fingerprint density at radius 1 is 1.25 bits per heavy atom. The number of carbonyl (C=O) groups excluding carboxylic acids is 2. The van der Waals surface area contributed by atoms with Crippen LogP contribution in [0.5, 0.6) is 0 Å². The highest BCUT2D eigenvalue weighted by Crippen LogP contribution is 2.20. The van der Waals surface area contributed by atoms with Gasteiger partial charge in [0.25, 0.3) is 5.91 Å². The quantitative estimate of drug-likeness (QED) is 0.750. The number of hydrogen-bond donors (Lipinski definition) is 2. The molecule has 0 saturated carbocycles. The van der Waals surface area contributed by atoms with Gasteiger partial charge in [0, 0.05) is 13.1 Å². The van der Waals surface area contributed by atoms with E-state index in [0.29, 0.717) is 13.1 Å². The van der Waals surface area contributed by atoms with E-state index in [0.717, 1.165) is 37.2 Å². The van der Waals surface area contributed by atoms with E-state index in [4.69, 9.17) is 0 Å². The van der Waals surface area contributed by atoms with Crippen molar-refractivity contribution in [1.29, 1.82) is 0 Å². The van der Waals surface area contributed by atoms with Gasteiger partial charge >= 0.3 is 0 Å². The number of hydrogen-bond acceptors (Lipinski definition) is 5. The Balaban J connectivity index is 1.57. The summed E-state index contributed by atoms with van der Waals surface area (Å²) in [7, 11) is 0. The second kappa shape index (κ2) is 9.45. The lowest BCUT2D eigenvalue weighted by molar-refractivity contribution is -0.130. The molecule has 1 fully saturated rings. The second-order valence-corrected chi connectivity index (χ2v) is 7.03. The van der Waals surface area contributed by atoms with Gasteiger partial charge < -0.3 is 15.5 Å². The SMILES string of the molecule is CCN(Cc1ccccc1)C(=O)CNC(=O)c1nnn(C2CCNCC2)c1C. The molecule has 2 aromatic rings. The standard InChI is InChI=1S/C20H28N6O2/c1-3-25(14-16-7-5-4-6-8-16)18(27)13-22-20(28)19-15(2)26(24-23-19)17-9-11-21-12-10-17/h4-8,17,21H,3,9-14H2,1-2H3,(H,22,28). The molecule has 0 aliphatic carbocycles. The number of carbonyl (C=O) groups is 2. The number of aromatic nitrogens is 3. The van der Waals surface area contributed by atoms with Crippen LogP contribution in [0.25, 0.3) is 0 Å². The molecule has 0 unspecified atom stereocenters. The minimum absolute atomic E-state index is 0.0564. The molecular formula is C20H28N6O2. The van der Waals surface area contributed by atoms with Crippen LogP contribution in [0.15, 0.2) is 30.3 Å². The minimum Gasteiger partial charge on any atom is -0.342 e. The largest absolute Gasteiger partial charge is 0.342 e. The molecule has 1 aliphatic rings. The number of amides is 2. The van der Waals surface area contributed by atoms with E-state index in [1.807, 2.05) is 48.9 Å². The maximum Gasteiger partial charge on any atom is 0.274 e. The second-order valence-electron chi connectivity index (χ2n) is 7.03. The number of likely N-dealkylation sites (N-methyl/N-ethyl adjacent to an activating group) is 1. The predicted octanol–water partition coefficient (Wildman–Crippen LogP) is 1.29. The molecule has 1 aliphatic heterocycles. The van der Waals surface area contributed by atoms with E-state index in [9.17, 15) is 9.59 Å². The van der Waals surface area contributed by atoms with Crippen LogP contribution in [0.4, 0.5) is 0 Å². The Hall–Kier alpha value is -2.74. The zero-order chi connectivity index (χ0) is 19.9. The average molecular weight is 384 g/mol. The third-order valence-electron chi connectivity index (χ3n) is 5.15. The fourth-order valence-electron chi connectivity index (χ4n) is 3.48. The third-order valence-corrected chi connectivity index (χ3v) is 5.15. The van der Waals surface area contributed by atoms with Crippen LogP contribution in [-0.4, -0.2) is 57.9 Å². The lowest BCUT2D eigenvalue weighted by atomic mass is 10.1. The van der Waals surface area contributed by atoms with Gasteiger partial charge in [0.2, 0.25) is 5.91 Å². The summed E-state index contributed by atoms with van der Waals surface area (Å²) in [6.45, 7) is 6.71. The summed E-state index contributed by atoms with van der Waals surface area (Å²) in [5, 5.41) is 14.2. The molecule has 1 aromatic heterocycles. The van der Waals surface area contributed by atoms with E-state index < -0.39 is 0 Å². The predicted molar refractivity (Wildman–Crippen MR) is 106 cm³/mol. The van der Waals surface area contributed by atoms with E-state index >= 15 is 0 Å².